The average molecular weight is 407 g/mol. The van der Waals surface area contributed by atoms with E-state index in [0.717, 1.165) is 29.5 Å². The topological polar surface area (TPSA) is 88.8 Å². The van der Waals surface area contributed by atoms with E-state index in [1.807, 2.05) is 30.5 Å². The van der Waals surface area contributed by atoms with Crippen LogP contribution in [0.1, 0.15) is 54.2 Å². The molecule has 2 N–H and O–H groups in total. The highest BCUT2D eigenvalue weighted by Gasteiger charge is 2.36. The van der Waals surface area contributed by atoms with Crippen LogP contribution in [-0.4, -0.2) is 34.5 Å². The lowest BCUT2D eigenvalue weighted by molar-refractivity contribution is 0.0691. The molecule has 30 heavy (non-hydrogen) atoms. The number of benzene rings is 1. The Hall–Kier alpha value is -3.04. The average Bonchev–Trinajstić information content (AvgIpc) is 3.54. The van der Waals surface area contributed by atoms with Crippen molar-refractivity contribution in [3.05, 3.63) is 51.3 Å². The highest BCUT2D eigenvalue weighted by atomic mass is 16.5. The molecule has 2 heterocycles. The summed E-state index contributed by atoms with van der Waals surface area (Å²) in [6.45, 7) is 3.79. The van der Waals surface area contributed by atoms with Gasteiger partial charge in [-0.2, -0.15) is 0 Å². The van der Waals surface area contributed by atoms with Gasteiger partial charge in [-0.15, -0.1) is 0 Å². The number of fused-ring (bicyclic) bond motifs is 3. The van der Waals surface area contributed by atoms with Crippen LogP contribution in [0.4, 0.5) is 0 Å². The van der Waals surface area contributed by atoms with Crippen molar-refractivity contribution in [2.75, 3.05) is 13.7 Å². The number of ether oxygens (including phenoxy) is 1. The predicted octanol–water partition coefficient (Wildman–Crippen LogP) is 3.10. The first-order valence-corrected chi connectivity index (χ1v) is 10.1. The summed E-state index contributed by atoms with van der Waals surface area (Å²) in [7, 11) is 1.59. The van der Waals surface area contributed by atoms with E-state index in [0.29, 0.717) is 23.8 Å². The van der Waals surface area contributed by atoms with Crippen molar-refractivity contribution in [3.63, 3.8) is 0 Å². The van der Waals surface area contributed by atoms with Crippen LogP contribution in [0.3, 0.4) is 0 Å². The molecule has 1 atom stereocenters. The van der Waals surface area contributed by atoms with Crippen LogP contribution in [0.25, 0.3) is 11.3 Å². The summed E-state index contributed by atoms with van der Waals surface area (Å²) in [6, 6.07) is 5.03. The van der Waals surface area contributed by atoms with E-state index in [1.165, 1.54) is 12.3 Å². The van der Waals surface area contributed by atoms with Crippen molar-refractivity contribution in [2.24, 2.45) is 11.3 Å². The summed E-state index contributed by atoms with van der Waals surface area (Å²) in [4.78, 5) is 24.0. The molecule has 1 aromatic heterocycles. The molecule has 0 radical (unpaired) electrons. The lowest BCUT2D eigenvalue weighted by Crippen LogP contribution is -2.36. The van der Waals surface area contributed by atoms with Crippen molar-refractivity contribution in [1.29, 1.82) is 0 Å². The second-order valence-corrected chi connectivity index (χ2v) is 8.77. The van der Waals surface area contributed by atoms with Crippen LogP contribution in [0.15, 0.2) is 29.2 Å². The Bertz CT molecular complexity index is 1140. The molecule has 1 fully saturated rings. The van der Waals surface area contributed by atoms with Crippen LogP contribution in [0.5, 0.6) is 5.75 Å². The van der Waals surface area contributed by atoms with Crippen molar-refractivity contribution in [1.82, 2.24) is 4.57 Å². The lowest BCUT2D eigenvalue weighted by atomic mass is 9.77. The third kappa shape index (κ3) is 3.50. The van der Waals surface area contributed by atoms with Crippen LogP contribution in [-0.2, 0) is 6.42 Å². The number of carboxylic acids is 1. The number of nitrogens with zero attached hydrogens (tertiary/aromatic N) is 1. The van der Waals surface area contributed by atoms with Gasteiger partial charge in [-0.25, -0.2) is 4.79 Å². The zero-order valence-corrected chi connectivity index (χ0v) is 17.4. The summed E-state index contributed by atoms with van der Waals surface area (Å²) in [6.07, 6.45) is 4.25. The number of hydrogen-bond donors (Lipinski definition) is 2. The maximum atomic E-state index is 12.5. The number of hydrogen-bond acceptors (Lipinski definition) is 4. The molecule has 156 valence electrons. The number of carboxylic acid groups (broad SMARTS) is 1. The Morgan fingerprint density at radius 1 is 1.30 bits per heavy atom. The number of aromatic nitrogens is 1. The van der Waals surface area contributed by atoms with Gasteiger partial charge in [-0.05, 0) is 37.0 Å². The maximum Gasteiger partial charge on any atom is 0.341 e. The number of rotatable bonds is 4. The smallest absolute Gasteiger partial charge is 0.341 e. The number of pyridine rings is 1. The van der Waals surface area contributed by atoms with E-state index in [4.69, 9.17) is 4.74 Å². The van der Waals surface area contributed by atoms with E-state index in [9.17, 15) is 19.8 Å². The quantitative estimate of drug-likeness (QED) is 0.761. The molecule has 4 rings (SSSR count). The van der Waals surface area contributed by atoms with Gasteiger partial charge in [0.2, 0.25) is 0 Å². The Kier molecular flexibility index (Phi) is 4.95. The summed E-state index contributed by atoms with van der Waals surface area (Å²) in [5, 5.41) is 19.4. The Balaban J connectivity index is 1.95. The molecule has 0 amide bonds. The molecular formula is C24H25NO5. The Labute approximate surface area is 175 Å². The third-order valence-corrected chi connectivity index (χ3v) is 6.06. The van der Waals surface area contributed by atoms with Crippen LogP contribution in [0, 0.1) is 23.2 Å². The lowest BCUT2D eigenvalue weighted by Gasteiger charge is -2.40. The number of aromatic carboxylic acids is 1. The van der Waals surface area contributed by atoms with Gasteiger partial charge >= 0.3 is 5.97 Å². The molecule has 1 saturated carbocycles. The van der Waals surface area contributed by atoms with Crippen LogP contribution < -0.4 is 10.2 Å². The van der Waals surface area contributed by atoms with E-state index < -0.39 is 16.8 Å². The van der Waals surface area contributed by atoms with E-state index >= 15 is 0 Å². The highest BCUT2D eigenvalue weighted by Crippen LogP contribution is 2.44. The molecule has 0 saturated heterocycles. The molecule has 0 bridgehead atoms. The number of aliphatic hydroxyl groups excluding tert-OH is 1. The maximum absolute atomic E-state index is 12.5. The molecule has 6 nitrogen and oxygen atoms in total. The summed E-state index contributed by atoms with van der Waals surface area (Å²) in [5.74, 6) is 6.32. The largest absolute Gasteiger partial charge is 0.495 e. The third-order valence-electron chi connectivity index (χ3n) is 6.06. The number of methoxy groups -OCH3 is 1. The van der Waals surface area contributed by atoms with E-state index in [1.54, 1.807) is 7.11 Å². The minimum absolute atomic E-state index is 0.0779. The highest BCUT2D eigenvalue weighted by molar-refractivity contribution is 5.88. The van der Waals surface area contributed by atoms with Gasteiger partial charge in [0.25, 0.3) is 0 Å². The molecule has 1 aliphatic carbocycles. The first-order valence-electron chi connectivity index (χ1n) is 10.1. The minimum atomic E-state index is -1.26. The van der Waals surface area contributed by atoms with Crippen LogP contribution in [0.2, 0.25) is 0 Å². The molecule has 2 aliphatic rings. The standard InChI is InChI=1S/C24H25NO5/c1-24(2,13-26)22-9-16-8-15(7-6-14-4-5-14)21(30-3)10-17(16)19-11-20(27)18(23(28)29)12-25(19)22/h8,10-12,14,22,26H,4-5,9,13H2,1-3H3,(H,28,29)/t22-/m0/s1. The fourth-order valence-electron chi connectivity index (χ4n) is 3.95. The zero-order chi connectivity index (χ0) is 21.6. The first-order chi connectivity index (χ1) is 14.2. The fraction of sp³-hybridized carbons (Fsp3) is 0.417. The van der Waals surface area contributed by atoms with Gasteiger partial charge in [0.05, 0.1) is 25.0 Å². The minimum Gasteiger partial charge on any atom is -0.495 e. The van der Waals surface area contributed by atoms with Crippen molar-refractivity contribution >= 4 is 5.97 Å². The first kappa shape index (κ1) is 20.2. The Morgan fingerprint density at radius 3 is 2.63 bits per heavy atom. The second kappa shape index (κ2) is 7.33. The molecule has 2 aromatic rings. The molecule has 0 unspecified atom stereocenters. The fourth-order valence-corrected chi connectivity index (χ4v) is 3.95. The van der Waals surface area contributed by atoms with Gasteiger partial charge < -0.3 is 19.5 Å². The predicted molar refractivity (Wildman–Crippen MR) is 113 cm³/mol. The van der Waals surface area contributed by atoms with Gasteiger partial charge in [-0.3, -0.25) is 4.79 Å². The number of aliphatic hydroxyl groups is 1. The van der Waals surface area contributed by atoms with Crippen molar-refractivity contribution in [2.45, 2.75) is 39.2 Å². The normalized spacial score (nSPS) is 17.4. The summed E-state index contributed by atoms with van der Waals surface area (Å²) in [5.41, 5.74) is 1.91. The van der Waals surface area contributed by atoms with E-state index in [2.05, 4.69) is 11.8 Å². The van der Waals surface area contributed by atoms with Gasteiger partial charge in [-0.1, -0.05) is 25.7 Å². The monoisotopic (exact) mass is 407 g/mol. The molecule has 6 heteroatoms. The zero-order valence-electron chi connectivity index (χ0n) is 17.4. The van der Waals surface area contributed by atoms with Gasteiger partial charge in [0.15, 0.2) is 5.43 Å². The molecular weight excluding hydrogens is 382 g/mol. The van der Waals surface area contributed by atoms with Crippen molar-refractivity contribution < 1.29 is 19.7 Å². The SMILES string of the molecule is COc1cc2c(cc1C#CC1CC1)C[C@@H](C(C)(C)CO)n1cc(C(=O)O)c(=O)cc1-2. The second-order valence-electron chi connectivity index (χ2n) is 8.77. The van der Waals surface area contributed by atoms with E-state index in [-0.39, 0.29) is 18.2 Å². The summed E-state index contributed by atoms with van der Waals surface area (Å²) >= 11 is 0. The van der Waals surface area contributed by atoms with Crippen LogP contribution >= 0.6 is 0 Å². The van der Waals surface area contributed by atoms with Gasteiger partial charge in [0.1, 0.15) is 11.3 Å². The summed E-state index contributed by atoms with van der Waals surface area (Å²) < 4.78 is 7.38. The van der Waals surface area contributed by atoms with Crippen molar-refractivity contribution in [3.8, 4) is 28.8 Å². The number of carbonyl (C=O) groups is 1. The molecule has 0 spiro atoms. The van der Waals surface area contributed by atoms with Gasteiger partial charge in [0, 0.05) is 35.2 Å². The Morgan fingerprint density at radius 2 is 2.03 bits per heavy atom. The molecule has 1 aliphatic heterocycles. The molecule has 1 aromatic carbocycles.